The summed E-state index contributed by atoms with van der Waals surface area (Å²) in [6, 6.07) is 67.7. The number of benzene rings is 9. The maximum atomic E-state index is 6.78. The highest BCUT2D eigenvalue weighted by atomic mass is 16.5. The minimum absolute atomic E-state index is 0.183. The highest BCUT2D eigenvalue weighted by molar-refractivity contribution is 6.08. The van der Waals surface area contributed by atoms with Gasteiger partial charge in [-0.1, -0.05) is 184 Å². The van der Waals surface area contributed by atoms with E-state index in [1.807, 2.05) is 0 Å². The first-order valence-corrected chi connectivity index (χ1v) is 19.3. The summed E-state index contributed by atoms with van der Waals surface area (Å²) in [5.74, 6) is 1.89. The summed E-state index contributed by atoms with van der Waals surface area (Å²) >= 11 is 0. The van der Waals surface area contributed by atoms with Crippen LogP contribution in [0.15, 0.2) is 182 Å². The van der Waals surface area contributed by atoms with Crippen LogP contribution in [0.25, 0.3) is 66.1 Å². The van der Waals surface area contributed by atoms with Crippen molar-refractivity contribution in [2.75, 3.05) is 0 Å². The zero-order valence-corrected chi connectivity index (χ0v) is 30.7. The lowest BCUT2D eigenvalue weighted by Crippen LogP contribution is -2.25. The molecular weight excluding hydrogens is 665 g/mol. The van der Waals surface area contributed by atoms with Gasteiger partial charge in [0.1, 0.15) is 11.5 Å². The maximum absolute atomic E-state index is 6.78. The summed E-state index contributed by atoms with van der Waals surface area (Å²) < 4.78 is 6.78. The minimum Gasteiger partial charge on any atom is -0.456 e. The molecule has 1 spiro atoms. The van der Waals surface area contributed by atoms with E-state index in [0.29, 0.717) is 0 Å². The lowest BCUT2D eigenvalue weighted by Gasteiger charge is -2.35. The second-order valence-electron chi connectivity index (χ2n) is 15.9. The third-order valence-electron chi connectivity index (χ3n) is 13.0. The first-order chi connectivity index (χ1) is 27.0. The van der Waals surface area contributed by atoms with E-state index < -0.39 is 5.41 Å². The van der Waals surface area contributed by atoms with Crippen LogP contribution < -0.4 is 4.74 Å². The van der Waals surface area contributed by atoms with Gasteiger partial charge < -0.3 is 4.74 Å². The quantitative estimate of drug-likeness (QED) is 0.174. The Kier molecular flexibility index (Phi) is 6.11. The molecule has 3 aliphatic rings. The summed E-state index contributed by atoms with van der Waals surface area (Å²) in [4.78, 5) is 0. The third-order valence-corrected chi connectivity index (χ3v) is 13.0. The van der Waals surface area contributed by atoms with E-state index in [4.69, 9.17) is 4.74 Å². The molecule has 0 fully saturated rings. The van der Waals surface area contributed by atoms with Crippen molar-refractivity contribution in [1.82, 2.24) is 0 Å². The van der Waals surface area contributed by atoms with E-state index in [0.717, 1.165) is 17.1 Å². The van der Waals surface area contributed by atoms with Gasteiger partial charge in [-0.2, -0.15) is 0 Å². The SMILES string of the molecule is CC1(C)c2ccccc2Oc2c(-c3ccc(-c4ccc5c(c4)C4(c6ccccc6-5)c5ccccc5-c5c4ccc4ccccc54)c4ccccc34)cccc21. The molecule has 0 saturated carbocycles. The van der Waals surface area contributed by atoms with Crippen LogP contribution in [0, 0.1) is 0 Å². The zero-order chi connectivity index (χ0) is 36.5. The number of ether oxygens (including phenoxy) is 1. The van der Waals surface area contributed by atoms with Gasteiger partial charge in [-0.25, -0.2) is 0 Å². The molecule has 12 rings (SSSR count). The fraction of sp³-hybridized carbons (Fsp3) is 0.0741. The highest BCUT2D eigenvalue weighted by Crippen LogP contribution is 2.64. The van der Waals surface area contributed by atoms with Crippen LogP contribution in [-0.2, 0) is 10.8 Å². The van der Waals surface area contributed by atoms with Gasteiger partial charge in [0.2, 0.25) is 0 Å². The summed E-state index contributed by atoms with van der Waals surface area (Å²) in [7, 11) is 0. The summed E-state index contributed by atoms with van der Waals surface area (Å²) in [5.41, 5.74) is 17.4. The van der Waals surface area contributed by atoms with Crippen molar-refractivity contribution in [3.63, 3.8) is 0 Å². The van der Waals surface area contributed by atoms with Gasteiger partial charge in [0.15, 0.2) is 0 Å². The van der Waals surface area contributed by atoms with E-state index in [9.17, 15) is 0 Å². The standard InChI is InChI=1S/C54H36O/c1-53(2)46-23-11-12-25-50(46)55-52-42(20-13-24-48(52)53)39-30-29-35(37-16-5-6-17-38(37)39)34-26-28-41-40-18-7-9-21-44(40)54(49(41)32-34)45-22-10-8-19-43(45)51-36-15-4-3-14-33(36)27-31-47(51)54/h3-32H,1-2H3. The molecule has 9 aromatic rings. The number of hydrogen-bond donors (Lipinski definition) is 0. The molecule has 55 heavy (non-hydrogen) atoms. The largest absolute Gasteiger partial charge is 0.456 e. The fourth-order valence-electron chi connectivity index (χ4n) is 10.5. The molecule has 0 aromatic heterocycles. The number of hydrogen-bond acceptors (Lipinski definition) is 1. The molecular formula is C54H36O. The van der Waals surface area contributed by atoms with Crippen LogP contribution >= 0.6 is 0 Å². The van der Waals surface area contributed by atoms with Crippen molar-refractivity contribution in [1.29, 1.82) is 0 Å². The smallest absolute Gasteiger partial charge is 0.139 e. The molecule has 258 valence electrons. The number of para-hydroxylation sites is 2. The minimum atomic E-state index is -0.419. The van der Waals surface area contributed by atoms with Gasteiger partial charge >= 0.3 is 0 Å². The Hall–Kier alpha value is -6.70. The molecule has 1 heteroatoms. The second-order valence-corrected chi connectivity index (χ2v) is 15.9. The average Bonchev–Trinajstić information content (AvgIpc) is 3.70. The van der Waals surface area contributed by atoms with Crippen LogP contribution in [0.1, 0.15) is 47.2 Å². The van der Waals surface area contributed by atoms with Gasteiger partial charge in [-0.05, 0) is 94.9 Å². The maximum Gasteiger partial charge on any atom is 0.139 e. The Labute approximate surface area is 321 Å². The number of fused-ring (bicyclic) bond motifs is 15. The Bertz CT molecular complexity index is 3110. The van der Waals surface area contributed by atoms with Gasteiger partial charge in [0.05, 0.1) is 5.41 Å². The molecule has 9 aromatic carbocycles. The molecule has 0 amide bonds. The molecule has 1 heterocycles. The monoisotopic (exact) mass is 700 g/mol. The molecule has 1 nitrogen and oxygen atoms in total. The van der Waals surface area contributed by atoms with Crippen LogP contribution in [0.5, 0.6) is 11.5 Å². The lowest BCUT2D eigenvalue weighted by molar-refractivity contribution is 0.419. The lowest BCUT2D eigenvalue weighted by atomic mass is 9.70. The topological polar surface area (TPSA) is 9.23 Å². The van der Waals surface area contributed by atoms with Crippen molar-refractivity contribution in [3.8, 4) is 56.0 Å². The highest BCUT2D eigenvalue weighted by Gasteiger charge is 2.52. The molecule has 2 aliphatic carbocycles. The Balaban J connectivity index is 1.09. The Morgan fingerprint density at radius 3 is 1.78 bits per heavy atom. The van der Waals surface area contributed by atoms with Gasteiger partial charge in [0.25, 0.3) is 0 Å². The molecule has 1 aliphatic heterocycles. The van der Waals surface area contributed by atoms with Crippen LogP contribution in [-0.4, -0.2) is 0 Å². The Morgan fingerprint density at radius 1 is 0.364 bits per heavy atom. The fourth-order valence-corrected chi connectivity index (χ4v) is 10.5. The third kappa shape index (κ3) is 3.92. The average molecular weight is 701 g/mol. The van der Waals surface area contributed by atoms with Crippen molar-refractivity contribution in [2.24, 2.45) is 0 Å². The Morgan fingerprint density at radius 2 is 0.945 bits per heavy atom. The van der Waals surface area contributed by atoms with Crippen molar-refractivity contribution in [2.45, 2.75) is 24.7 Å². The van der Waals surface area contributed by atoms with Gasteiger partial charge in [-0.3, -0.25) is 0 Å². The first-order valence-electron chi connectivity index (χ1n) is 19.3. The first kappa shape index (κ1) is 30.7. The zero-order valence-electron chi connectivity index (χ0n) is 30.7. The molecule has 0 bridgehead atoms. The molecule has 1 atom stereocenters. The van der Waals surface area contributed by atoms with Crippen molar-refractivity contribution in [3.05, 3.63) is 215 Å². The van der Waals surface area contributed by atoms with E-state index in [-0.39, 0.29) is 5.41 Å². The van der Waals surface area contributed by atoms with E-state index in [2.05, 4.69) is 196 Å². The summed E-state index contributed by atoms with van der Waals surface area (Å²) in [6.07, 6.45) is 0. The normalized spacial score (nSPS) is 16.5. The van der Waals surface area contributed by atoms with Crippen LogP contribution in [0.3, 0.4) is 0 Å². The predicted molar refractivity (Wildman–Crippen MR) is 227 cm³/mol. The predicted octanol–water partition coefficient (Wildman–Crippen LogP) is 14.1. The molecule has 0 saturated heterocycles. The van der Waals surface area contributed by atoms with Crippen LogP contribution in [0.2, 0.25) is 0 Å². The second kappa shape index (κ2) is 10.9. The molecule has 1 unspecified atom stereocenters. The summed E-state index contributed by atoms with van der Waals surface area (Å²) in [6.45, 7) is 4.61. The summed E-state index contributed by atoms with van der Waals surface area (Å²) in [5, 5.41) is 5.04. The number of rotatable bonds is 2. The molecule has 0 N–H and O–H groups in total. The van der Waals surface area contributed by atoms with E-state index in [1.165, 1.54) is 93.9 Å². The van der Waals surface area contributed by atoms with Crippen molar-refractivity contribution < 1.29 is 4.74 Å². The molecule has 0 radical (unpaired) electrons. The van der Waals surface area contributed by atoms with Gasteiger partial charge in [-0.15, -0.1) is 0 Å². The van der Waals surface area contributed by atoms with Gasteiger partial charge in [0, 0.05) is 22.1 Å². The van der Waals surface area contributed by atoms with E-state index in [1.54, 1.807) is 0 Å². The van der Waals surface area contributed by atoms with Crippen LogP contribution in [0.4, 0.5) is 0 Å². The van der Waals surface area contributed by atoms with E-state index >= 15 is 0 Å². The van der Waals surface area contributed by atoms with Crippen molar-refractivity contribution >= 4 is 21.5 Å².